The first-order chi connectivity index (χ1) is 58.8. The Labute approximate surface area is 699 Å². The molecule has 0 fully saturated rings. The number of amides is 1. The summed E-state index contributed by atoms with van der Waals surface area (Å²) in [5, 5.41) is 43.6. The molecule has 14 rings (SSSR count). The van der Waals surface area contributed by atoms with E-state index in [1.54, 1.807) is 74.0 Å². The van der Waals surface area contributed by atoms with Gasteiger partial charge in [0.15, 0.2) is 28.8 Å². The number of para-hydroxylation sites is 1. The van der Waals surface area contributed by atoms with Crippen LogP contribution in [0.25, 0.3) is 67.1 Å². The van der Waals surface area contributed by atoms with Gasteiger partial charge in [-0.2, -0.15) is 15.2 Å². The van der Waals surface area contributed by atoms with Gasteiger partial charge in [-0.3, -0.25) is 28.6 Å². The van der Waals surface area contributed by atoms with Crippen molar-refractivity contribution in [3.05, 3.63) is 304 Å². The molecule has 0 radical (unpaired) electrons. The predicted octanol–water partition coefficient (Wildman–Crippen LogP) is 16.5. The maximum absolute atomic E-state index is 14.6. The summed E-state index contributed by atoms with van der Waals surface area (Å²) in [6.07, 6.45) is 10.4. The number of aliphatic hydroxyl groups excluding tert-OH is 3. The van der Waals surface area contributed by atoms with Crippen LogP contribution in [0, 0.1) is 65.4 Å². The molecule has 22 nitrogen and oxygen atoms in total. The lowest BCUT2D eigenvalue weighted by atomic mass is 10.0. The number of ether oxygens (including phenoxy) is 2. The predicted molar refractivity (Wildman–Crippen MR) is 456 cm³/mol. The number of hydrogen-bond donors (Lipinski definition) is 6. The lowest BCUT2D eigenvalue weighted by Crippen LogP contribution is -2.31. The van der Waals surface area contributed by atoms with E-state index < -0.39 is 65.7 Å². The van der Waals surface area contributed by atoms with Crippen LogP contribution in [0.4, 0.5) is 42.5 Å². The molecule has 6 aromatic heterocycles. The van der Waals surface area contributed by atoms with Gasteiger partial charge >= 0.3 is 0 Å². The molecule has 29 heteroatoms. The van der Waals surface area contributed by atoms with Gasteiger partial charge in [-0.25, -0.2) is 45.4 Å². The maximum Gasteiger partial charge on any atom is 0.256 e. The minimum Gasteiger partial charge on any atom is -0.491 e. The van der Waals surface area contributed by atoms with Gasteiger partial charge in [-0.15, -0.1) is 0 Å². The van der Waals surface area contributed by atoms with Crippen LogP contribution in [-0.4, -0.2) is 140 Å². The molecule has 0 saturated carbocycles. The summed E-state index contributed by atoms with van der Waals surface area (Å²) >= 11 is 0. The van der Waals surface area contributed by atoms with Gasteiger partial charge < -0.3 is 50.6 Å². The Bertz CT molecular complexity index is 6030. The normalized spacial score (nSPS) is 11.3. The molecule has 122 heavy (non-hydrogen) atoms. The molecule has 0 spiro atoms. The SMILES string of the molecule is CC(C)Cn1ncc2cc(Oc3ccc(F)cc3F)c(C(=O)NCCN(C)C)cc21.CCCC#Cc1nc(-c2ccc(F)cc2)c(-c2ccncc2)n1CCCc1ccccc1.CC[C@H](O)COc1cccc(C(=O)c2cnn(-c3ccc(F)cc3)c2N)c1.Cc1cc(F)ccc1-c1nc(NC(CO)CO)nc2c1ccc(=O)n2-c1c(F)cccc1F. The number of benzene rings is 8. The number of likely N-dealkylation sites (N-methyl/N-ethyl adjacent to an activating group) is 1. The average Bonchev–Trinajstić information content (AvgIpc) is 1.24. The van der Waals surface area contributed by atoms with Crippen molar-refractivity contribution in [3.8, 4) is 74.2 Å². The summed E-state index contributed by atoms with van der Waals surface area (Å²) in [6, 6.07) is 48.6. The number of imidazole rings is 1. The Kier molecular flexibility index (Phi) is 30.9. The number of anilines is 2. The lowest BCUT2D eigenvalue weighted by molar-refractivity contribution is 0.0947. The molecule has 0 aliphatic rings. The second kappa shape index (κ2) is 42.3. The second-order valence-electron chi connectivity index (χ2n) is 29.0. The Morgan fingerprint density at radius 2 is 1.37 bits per heavy atom. The molecule has 0 saturated heterocycles. The second-order valence-corrected chi connectivity index (χ2v) is 29.0. The summed E-state index contributed by atoms with van der Waals surface area (Å²) in [6.45, 7) is 11.6. The fourth-order valence-corrected chi connectivity index (χ4v) is 12.8. The molecule has 8 aromatic carbocycles. The summed E-state index contributed by atoms with van der Waals surface area (Å²) < 4.78 is 114. The van der Waals surface area contributed by atoms with Gasteiger partial charge in [-0.1, -0.05) is 82.1 Å². The molecular weight excluding hydrogens is 1570 g/mol. The van der Waals surface area contributed by atoms with E-state index in [2.05, 4.69) is 97.2 Å². The zero-order valence-electron chi connectivity index (χ0n) is 68.0. The first-order valence-corrected chi connectivity index (χ1v) is 39.4. The number of hydrogen-bond acceptors (Lipinski definition) is 17. The highest BCUT2D eigenvalue weighted by atomic mass is 19.2. The third-order valence-corrected chi connectivity index (χ3v) is 19.0. The number of nitrogens with one attached hydrogen (secondary N) is 2. The molecule has 0 unspecified atom stereocenters. The number of fused-ring (bicyclic) bond motifs is 2. The van der Waals surface area contributed by atoms with Crippen molar-refractivity contribution in [3.63, 3.8) is 0 Å². The number of nitrogens with two attached hydrogens (primary N) is 1. The average molecular weight is 1670 g/mol. The van der Waals surface area contributed by atoms with E-state index in [1.807, 2.05) is 48.8 Å². The summed E-state index contributed by atoms with van der Waals surface area (Å²) in [5.41, 5.74) is 13.2. The van der Waals surface area contributed by atoms with Gasteiger partial charge in [0, 0.05) is 90.2 Å². The monoisotopic (exact) mass is 1660 g/mol. The van der Waals surface area contributed by atoms with Crippen molar-refractivity contribution in [2.24, 2.45) is 5.92 Å². The quantitative estimate of drug-likeness (QED) is 0.0151. The molecule has 630 valence electrons. The Balaban J connectivity index is 0.000000159. The number of rotatable bonds is 28. The van der Waals surface area contributed by atoms with Crippen LogP contribution in [0.3, 0.4) is 0 Å². The van der Waals surface area contributed by atoms with Gasteiger partial charge in [0.2, 0.25) is 5.95 Å². The summed E-state index contributed by atoms with van der Waals surface area (Å²) in [5.74, 6) is 3.00. The number of aliphatic hydroxyl groups is 3. The van der Waals surface area contributed by atoms with Gasteiger partial charge in [0.05, 0.1) is 77.2 Å². The molecule has 14 aromatic rings. The highest BCUT2D eigenvalue weighted by Crippen LogP contribution is 2.37. The smallest absolute Gasteiger partial charge is 0.256 e. The number of unbranched alkanes of at least 4 members (excludes halogenated alkanes) is 1. The van der Waals surface area contributed by atoms with Crippen molar-refractivity contribution >= 4 is 45.4 Å². The third-order valence-electron chi connectivity index (χ3n) is 19.0. The summed E-state index contributed by atoms with van der Waals surface area (Å²) in [4.78, 5) is 58.2. The van der Waals surface area contributed by atoms with Crippen molar-refractivity contribution in [1.82, 2.24) is 58.8 Å². The fourth-order valence-electron chi connectivity index (χ4n) is 12.8. The number of nitrogen functional groups attached to an aromatic ring is 1. The highest BCUT2D eigenvalue weighted by molar-refractivity contribution is 6.12. The van der Waals surface area contributed by atoms with E-state index in [1.165, 1.54) is 89.2 Å². The third kappa shape index (κ3) is 22.8. The van der Waals surface area contributed by atoms with E-state index in [0.29, 0.717) is 60.1 Å². The minimum atomic E-state index is -0.971. The number of pyridine rings is 2. The molecule has 0 aliphatic heterocycles. The first-order valence-electron chi connectivity index (χ1n) is 39.4. The van der Waals surface area contributed by atoms with E-state index in [0.717, 1.165) is 106 Å². The van der Waals surface area contributed by atoms with Crippen LogP contribution in [0.1, 0.15) is 96.6 Å². The standard InChI is InChI=1S/C28H26FN3.C23H19F3N4O3.C22H26F2N4O2.C20H20FN3O3/c1-2-3-5-12-26-31-27(23-13-15-25(29)16-14-23)28(24-17-19-30-20-18-24)32(26)21-8-11-22-9-6-4-7-10-22;1-12-9-13(24)5-6-15(12)20-16-7-8-19(33)30(21-17(25)3-2-4-18(21)26)22(16)29-23(28-20)27-14(10-31)11-32;1-14(2)13-28-19-11-17(22(29)25-7-8-27(3)4)21(9-15(19)12-26-28)30-20-6-5-16(23)10-18(20)24;1-2-16(25)12-27-17-5-3-4-13(10-17)19(26)18-11-23-24(20(18)22)15-8-6-14(21)7-9-15/h4,6-7,9-10,13-20H,2-3,8,11,21H2,1H3;2-9,14,31-32H,10-11H2,1H3,(H,27,28,29);5-6,9-12,14H,7-8,13H2,1-4H3,(H,25,29);3-11,16,25H,2,12,22H2,1H3/t;;;16-/m...0/s1. The number of ketones is 1. The molecule has 7 N–H and O–H groups in total. The van der Waals surface area contributed by atoms with Crippen LogP contribution >= 0.6 is 0 Å². The fraction of sp³-hybridized carbons (Fsp3) is 0.237. The van der Waals surface area contributed by atoms with Crippen LogP contribution in [0.2, 0.25) is 0 Å². The Morgan fingerprint density at radius 3 is 2.04 bits per heavy atom. The largest absolute Gasteiger partial charge is 0.491 e. The topological polar surface area (TPSA) is 281 Å². The van der Waals surface area contributed by atoms with Gasteiger partial charge in [-0.05, 0) is 203 Å². The number of aryl methyl sites for hydroxylation is 2. The van der Waals surface area contributed by atoms with Crippen LogP contribution in [0.5, 0.6) is 17.2 Å². The Hall–Kier alpha value is -13.7. The lowest BCUT2D eigenvalue weighted by Gasteiger charge is -2.18. The number of carbonyl (C=O) groups is 2. The number of nitrogens with zero attached hydrogens (tertiary/aromatic N) is 11. The van der Waals surface area contributed by atoms with Crippen molar-refractivity contribution in [2.75, 3.05) is 58.1 Å². The van der Waals surface area contributed by atoms with Gasteiger partial charge in [0.1, 0.15) is 64.5 Å². The van der Waals surface area contributed by atoms with E-state index >= 15 is 0 Å². The van der Waals surface area contributed by atoms with Crippen LogP contribution < -0.4 is 31.4 Å². The van der Waals surface area contributed by atoms with E-state index in [9.17, 15) is 60.4 Å². The van der Waals surface area contributed by atoms with Crippen LogP contribution in [-0.2, 0) is 19.5 Å². The number of halogens is 7. The van der Waals surface area contributed by atoms with E-state index in [4.69, 9.17) is 20.2 Å². The molecule has 0 bridgehead atoms. The highest BCUT2D eigenvalue weighted by Gasteiger charge is 2.26. The van der Waals surface area contributed by atoms with Crippen LogP contribution in [0.15, 0.2) is 224 Å². The van der Waals surface area contributed by atoms with Crippen molar-refractivity contribution < 1.29 is 65.1 Å². The van der Waals surface area contributed by atoms with Crippen molar-refractivity contribution in [2.45, 2.75) is 92.0 Å². The maximum atomic E-state index is 14.6. The van der Waals surface area contributed by atoms with E-state index in [-0.39, 0.29) is 81.1 Å². The molecule has 0 aliphatic carbocycles. The zero-order valence-corrected chi connectivity index (χ0v) is 68.0. The number of aromatic nitrogens is 10. The van der Waals surface area contributed by atoms with Crippen molar-refractivity contribution in [1.29, 1.82) is 0 Å². The molecule has 1 amide bonds. The Morgan fingerprint density at radius 1 is 0.680 bits per heavy atom. The first kappa shape index (κ1) is 89.1. The zero-order chi connectivity index (χ0) is 87.1. The number of carbonyl (C=O) groups excluding carboxylic acids is 2. The minimum absolute atomic E-state index is 0.106. The summed E-state index contributed by atoms with van der Waals surface area (Å²) in [7, 11) is 3.82. The van der Waals surface area contributed by atoms with Gasteiger partial charge in [0.25, 0.3) is 11.5 Å². The molecule has 1 atom stereocenters. The molecular formula is C93H91F7N14O8. The molecule has 6 heterocycles.